The molecule has 0 amide bonds. The second-order valence-corrected chi connectivity index (χ2v) is 3.37. The minimum Gasteiger partial charge on any atom is -0.507 e. The van der Waals surface area contributed by atoms with Crippen LogP contribution in [0.25, 0.3) is 0 Å². The summed E-state index contributed by atoms with van der Waals surface area (Å²) in [5, 5.41) is 22.4. The van der Waals surface area contributed by atoms with Crippen LogP contribution in [0.1, 0.15) is 17.2 Å². The Kier molecular flexibility index (Phi) is 3.79. The number of β-amino-alcohol motifs (C(OH)–C–C–N with tert-alkyl or cyclic N) is 1. The molecule has 0 radical (unpaired) electrons. The van der Waals surface area contributed by atoms with Crippen molar-refractivity contribution in [2.24, 2.45) is 0 Å². The molecule has 3 N–H and O–H groups in total. The van der Waals surface area contributed by atoms with E-state index < -0.39 is 6.10 Å². The quantitative estimate of drug-likeness (QED) is 0.674. The van der Waals surface area contributed by atoms with Crippen molar-refractivity contribution >= 4 is 12.4 Å². The van der Waals surface area contributed by atoms with Crippen LogP contribution in [0, 0.1) is 0 Å². The molecule has 1 aromatic rings. The van der Waals surface area contributed by atoms with E-state index in [1.54, 1.807) is 7.11 Å². The highest BCUT2D eigenvalue weighted by atomic mass is 35.5. The number of phenols is 1. The normalized spacial score (nSPS) is 18.9. The molecule has 0 saturated heterocycles. The summed E-state index contributed by atoms with van der Waals surface area (Å²) in [6, 6.07) is 3.35. The topological polar surface area (TPSA) is 61.7 Å². The van der Waals surface area contributed by atoms with Crippen LogP contribution in [0.2, 0.25) is 0 Å². The number of fused-ring (bicyclic) bond motifs is 1. The lowest BCUT2D eigenvalue weighted by molar-refractivity contribution is 0.161. The first-order valence-electron chi connectivity index (χ1n) is 4.51. The number of aliphatic hydroxyl groups excluding tert-OH is 1. The van der Waals surface area contributed by atoms with Crippen molar-refractivity contribution in [1.29, 1.82) is 0 Å². The number of nitrogens with one attached hydrogen (secondary N) is 1. The fourth-order valence-corrected chi connectivity index (χ4v) is 1.76. The number of aliphatic hydroxyl groups is 1. The van der Waals surface area contributed by atoms with Crippen molar-refractivity contribution in [3.63, 3.8) is 0 Å². The van der Waals surface area contributed by atoms with Gasteiger partial charge in [-0.3, -0.25) is 0 Å². The largest absolute Gasteiger partial charge is 0.507 e. The molecule has 0 bridgehead atoms. The maximum absolute atomic E-state index is 9.67. The summed E-state index contributed by atoms with van der Waals surface area (Å²) >= 11 is 0. The second kappa shape index (κ2) is 4.70. The Morgan fingerprint density at radius 1 is 1.47 bits per heavy atom. The number of phenolic OH excluding ortho intramolecular Hbond substituents is 1. The maximum atomic E-state index is 9.67. The Bertz CT molecular complexity index is 357. The third kappa shape index (κ3) is 2.17. The van der Waals surface area contributed by atoms with E-state index in [1.165, 1.54) is 6.07 Å². The summed E-state index contributed by atoms with van der Waals surface area (Å²) in [5.41, 5.74) is 1.50. The molecule has 5 heteroatoms. The Balaban J connectivity index is 0.00000112. The molecule has 15 heavy (non-hydrogen) atoms. The third-order valence-electron chi connectivity index (χ3n) is 2.44. The van der Waals surface area contributed by atoms with Crippen LogP contribution in [0.4, 0.5) is 0 Å². The van der Waals surface area contributed by atoms with Gasteiger partial charge >= 0.3 is 0 Å². The zero-order chi connectivity index (χ0) is 10.1. The maximum Gasteiger partial charge on any atom is 0.125 e. The van der Waals surface area contributed by atoms with E-state index in [0.29, 0.717) is 24.4 Å². The van der Waals surface area contributed by atoms with E-state index in [-0.39, 0.29) is 18.2 Å². The summed E-state index contributed by atoms with van der Waals surface area (Å²) in [7, 11) is 1.55. The highest BCUT2D eigenvalue weighted by molar-refractivity contribution is 5.85. The molecule has 4 nitrogen and oxygen atoms in total. The lowest BCUT2D eigenvalue weighted by atomic mass is 9.97. The molecule has 0 aromatic heterocycles. The number of hydrogen-bond acceptors (Lipinski definition) is 4. The Morgan fingerprint density at radius 3 is 2.87 bits per heavy atom. The van der Waals surface area contributed by atoms with Gasteiger partial charge in [-0.05, 0) is 11.6 Å². The lowest BCUT2D eigenvalue weighted by Gasteiger charge is -2.23. The van der Waals surface area contributed by atoms with Gasteiger partial charge in [0.15, 0.2) is 0 Å². The third-order valence-corrected chi connectivity index (χ3v) is 2.44. The number of benzene rings is 1. The van der Waals surface area contributed by atoms with Crippen LogP contribution < -0.4 is 10.1 Å². The predicted molar refractivity (Wildman–Crippen MR) is 58.6 cm³/mol. The van der Waals surface area contributed by atoms with Crippen molar-refractivity contribution in [3.05, 3.63) is 23.3 Å². The van der Waals surface area contributed by atoms with Gasteiger partial charge in [-0.15, -0.1) is 12.4 Å². The number of hydrogen-bond donors (Lipinski definition) is 3. The number of ether oxygens (including phenoxy) is 1. The number of halogens is 1. The first-order valence-corrected chi connectivity index (χ1v) is 4.51. The van der Waals surface area contributed by atoms with E-state index in [4.69, 9.17) is 4.74 Å². The van der Waals surface area contributed by atoms with Gasteiger partial charge < -0.3 is 20.3 Å². The summed E-state index contributed by atoms with van der Waals surface area (Å²) in [6.45, 7) is 1.13. The average molecular weight is 232 g/mol. The molecule has 84 valence electrons. The van der Waals surface area contributed by atoms with E-state index in [0.717, 1.165) is 5.56 Å². The molecule has 1 atom stereocenters. The molecule has 2 rings (SSSR count). The smallest absolute Gasteiger partial charge is 0.125 e. The van der Waals surface area contributed by atoms with Crippen molar-refractivity contribution in [2.75, 3.05) is 13.7 Å². The summed E-state index contributed by atoms with van der Waals surface area (Å²) < 4.78 is 5.03. The number of methoxy groups -OCH3 is 1. The van der Waals surface area contributed by atoms with E-state index >= 15 is 0 Å². The van der Waals surface area contributed by atoms with Crippen molar-refractivity contribution in [3.8, 4) is 11.5 Å². The van der Waals surface area contributed by atoms with Crippen LogP contribution in [0.15, 0.2) is 12.1 Å². The molecule has 1 heterocycles. The molecule has 0 fully saturated rings. The highest BCUT2D eigenvalue weighted by Gasteiger charge is 2.21. The zero-order valence-electron chi connectivity index (χ0n) is 8.36. The molecule has 0 saturated carbocycles. The van der Waals surface area contributed by atoms with Gasteiger partial charge in [-0.1, -0.05) is 0 Å². The minimum absolute atomic E-state index is 0. The minimum atomic E-state index is -0.635. The van der Waals surface area contributed by atoms with E-state index in [1.807, 2.05) is 6.07 Å². The van der Waals surface area contributed by atoms with Gasteiger partial charge in [0, 0.05) is 24.7 Å². The first-order chi connectivity index (χ1) is 6.72. The standard InChI is InChI=1S/C10H13NO3.ClH/c1-14-7-2-6-4-11-5-9(13)10(6)8(12)3-7;/h2-3,9,11-13H,4-5H2,1H3;1H. The lowest BCUT2D eigenvalue weighted by Crippen LogP contribution is -2.28. The summed E-state index contributed by atoms with van der Waals surface area (Å²) in [4.78, 5) is 0. The summed E-state index contributed by atoms with van der Waals surface area (Å²) in [5.74, 6) is 0.713. The van der Waals surface area contributed by atoms with Gasteiger partial charge in [-0.2, -0.15) is 0 Å². The van der Waals surface area contributed by atoms with Crippen LogP contribution in [-0.4, -0.2) is 23.9 Å². The molecule has 1 aliphatic rings. The second-order valence-electron chi connectivity index (χ2n) is 3.37. The zero-order valence-corrected chi connectivity index (χ0v) is 9.17. The molecule has 0 spiro atoms. The molecular weight excluding hydrogens is 218 g/mol. The van der Waals surface area contributed by atoms with Crippen LogP contribution in [0.5, 0.6) is 11.5 Å². The SMILES string of the molecule is COc1cc(O)c2c(c1)CNCC2O.Cl. The van der Waals surface area contributed by atoms with Gasteiger partial charge in [0.2, 0.25) is 0 Å². The Morgan fingerprint density at radius 2 is 2.20 bits per heavy atom. The van der Waals surface area contributed by atoms with E-state index in [9.17, 15) is 10.2 Å². The Hall–Kier alpha value is -0.970. The van der Waals surface area contributed by atoms with Gasteiger partial charge in [0.1, 0.15) is 11.5 Å². The van der Waals surface area contributed by atoms with E-state index in [2.05, 4.69) is 5.32 Å². The van der Waals surface area contributed by atoms with Gasteiger partial charge in [-0.25, -0.2) is 0 Å². The molecule has 1 unspecified atom stereocenters. The van der Waals surface area contributed by atoms with Crippen molar-refractivity contribution < 1.29 is 14.9 Å². The Labute approximate surface area is 94.3 Å². The number of aromatic hydroxyl groups is 1. The van der Waals surface area contributed by atoms with Crippen LogP contribution >= 0.6 is 12.4 Å². The summed E-state index contributed by atoms with van der Waals surface area (Å²) in [6.07, 6.45) is -0.635. The fourth-order valence-electron chi connectivity index (χ4n) is 1.76. The van der Waals surface area contributed by atoms with Crippen molar-refractivity contribution in [2.45, 2.75) is 12.6 Å². The fraction of sp³-hybridized carbons (Fsp3) is 0.400. The molecule has 1 aromatic carbocycles. The van der Waals surface area contributed by atoms with Crippen molar-refractivity contribution in [1.82, 2.24) is 5.32 Å². The van der Waals surface area contributed by atoms with Crippen LogP contribution in [-0.2, 0) is 6.54 Å². The monoisotopic (exact) mass is 231 g/mol. The first kappa shape index (κ1) is 12.1. The van der Waals surface area contributed by atoms with Gasteiger partial charge in [0.25, 0.3) is 0 Å². The molecule has 1 aliphatic heterocycles. The van der Waals surface area contributed by atoms with Gasteiger partial charge in [0.05, 0.1) is 13.2 Å². The average Bonchev–Trinajstić information content (AvgIpc) is 2.17. The molecular formula is C10H14ClNO3. The molecule has 0 aliphatic carbocycles. The number of rotatable bonds is 1. The van der Waals surface area contributed by atoms with Crippen LogP contribution in [0.3, 0.4) is 0 Å². The highest BCUT2D eigenvalue weighted by Crippen LogP contribution is 2.34. The predicted octanol–water partition coefficient (Wildman–Crippen LogP) is 0.959.